The minimum Gasteiger partial charge on any atom is -0.480 e. The Morgan fingerprint density at radius 3 is 2.25 bits per heavy atom. The van der Waals surface area contributed by atoms with E-state index >= 15 is 0 Å². The van der Waals surface area contributed by atoms with Gasteiger partial charge in [0.15, 0.2) is 0 Å². The molecule has 0 aromatic rings. The van der Waals surface area contributed by atoms with Gasteiger partial charge in [-0.25, -0.2) is 5.43 Å². The number of ether oxygens (including phenoxy) is 1. The first-order valence-electron chi connectivity index (χ1n) is 11.0. The maximum absolute atomic E-state index is 12.9. The zero-order chi connectivity index (χ0) is 24.6. The van der Waals surface area contributed by atoms with Crippen LogP contribution < -0.4 is 16.1 Å². The smallest absolute Gasteiger partial charge is 0.325 e. The summed E-state index contributed by atoms with van der Waals surface area (Å²) in [5, 5.41) is 16.1. The highest BCUT2D eigenvalue weighted by molar-refractivity contribution is 5.92. The van der Waals surface area contributed by atoms with Crippen LogP contribution in [-0.4, -0.2) is 71.2 Å². The number of carbonyl (C=O) groups is 4. The Kier molecular flexibility index (Phi) is 10.3. The van der Waals surface area contributed by atoms with Crippen LogP contribution in [0.4, 0.5) is 0 Å². The molecule has 10 nitrogen and oxygen atoms in total. The number of hydrogen-bond donors (Lipinski definition) is 4. The molecule has 1 heterocycles. The number of allylic oxidation sites excluding steroid dienone is 1. The first-order chi connectivity index (χ1) is 14.9. The summed E-state index contributed by atoms with van der Waals surface area (Å²) < 4.78 is 5.33. The number of hydrazine groups is 1. The summed E-state index contributed by atoms with van der Waals surface area (Å²) >= 11 is 0. The molecule has 3 amide bonds. The summed E-state index contributed by atoms with van der Waals surface area (Å²) in [6.07, 6.45) is 4.05. The third-order valence-corrected chi connectivity index (χ3v) is 5.72. The molecule has 1 aliphatic heterocycles. The Bertz CT molecular complexity index is 725. The van der Waals surface area contributed by atoms with Crippen LogP contribution in [0.5, 0.6) is 0 Å². The number of hydrogen-bond acceptors (Lipinski definition) is 6. The Hall–Kier alpha value is -2.46. The fourth-order valence-corrected chi connectivity index (χ4v) is 3.53. The molecule has 10 heteroatoms. The molecule has 0 aromatic carbocycles. The molecule has 1 saturated heterocycles. The van der Waals surface area contributed by atoms with Crippen LogP contribution in [0.25, 0.3) is 0 Å². The molecule has 0 bridgehead atoms. The molecule has 182 valence electrons. The Labute approximate surface area is 190 Å². The van der Waals surface area contributed by atoms with Gasteiger partial charge in [0.2, 0.25) is 11.8 Å². The molecule has 0 radical (unpaired) electrons. The van der Waals surface area contributed by atoms with Crippen LogP contribution >= 0.6 is 0 Å². The predicted molar refractivity (Wildman–Crippen MR) is 119 cm³/mol. The van der Waals surface area contributed by atoms with E-state index in [1.54, 1.807) is 32.9 Å². The highest BCUT2D eigenvalue weighted by Crippen LogP contribution is 2.19. The summed E-state index contributed by atoms with van der Waals surface area (Å²) in [4.78, 5) is 49.9. The third-order valence-electron chi connectivity index (χ3n) is 5.72. The zero-order valence-electron chi connectivity index (χ0n) is 20.1. The molecule has 0 saturated carbocycles. The molecule has 0 spiro atoms. The first-order valence-corrected chi connectivity index (χ1v) is 11.0. The van der Waals surface area contributed by atoms with Gasteiger partial charge >= 0.3 is 5.97 Å². The maximum atomic E-state index is 12.9. The number of carboxylic acid groups (broad SMARTS) is 1. The summed E-state index contributed by atoms with van der Waals surface area (Å²) in [6, 6.07) is -1.75. The molecule has 0 aromatic heterocycles. The van der Waals surface area contributed by atoms with E-state index in [-0.39, 0.29) is 11.8 Å². The van der Waals surface area contributed by atoms with Gasteiger partial charge in [-0.2, -0.15) is 0 Å². The minimum absolute atomic E-state index is 0.223. The van der Waals surface area contributed by atoms with Crippen molar-refractivity contribution < 1.29 is 29.0 Å². The fraction of sp³-hybridized carbons (Fsp3) is 0.727. The Morgan fingerprint density at radius 2 is 1.75 bits per heavy atom. The summed E-state index contributed by atoms with van der Waals surface area (Å²) in [5.74, 6) is -3.05. The van der Waals surface area contributed by atoms with Gasteiger partial charge in [-0.3, -0.25) is 24.2 Å². The molecule has 32 heavy (non-hydrogen) atoms. The van der Waals surface area contributed by atoms with Gasteiger partial charge in [0.25, 0.3) is 5.91 Å². The van der Waals surface area contributed by atoms with E-state index in [4.69, 9.17) is 4.74 Å². The third kappa shape index (κ3) is 7.03. The van der Waals surface area contributed by atoms with Gasteiger partial charge in [-0.15, -0.1) is 0 Å². The number of amides is 3. The quantitative estimate of drug-likeness (QED) is 0.359. The monoisotopic (exact) mass is 454 g/mol. The molecule has 5 atom stereocenters. The summed E-state index contributed by atoms with van der Waals surface area (Å²) in [5.41, 5.74) is 1.51. The molecule has 4 N–H and O–H groups in total. The second-order valence-corrected chi connectivity index (χ2v) is 8.82. The van der Waals surface area contributed by atoms with E-state index in [0.717, 1.165) is 0 Å². The highest BCUT2D eigenvalue weighted by Gasteiger charge is 2.40. The van der Waals surface area contributed by atoms with E-state index in [9.17, 15) is 24.3 Å². The lowest BCUT2D eigenvalue weighted by molar-refractivity contribution is -0.154. The number of nitrogens with zero attached hydrogens (tertiary/aromatic N) is 1. The van der Waals surface area contributed by atoms with Crippen molar-refractivity contribution in [2.24, 2.45) is 11.8 Å². The topological polar surface area (TPSA) is 137 Å². The second-order valence-electron chi connectivity index (χ2n) is 8.82. The lowest BCUT2D eigenvalue weighted by Crippen LogP contribution is -2.65. The Morgan fingerprint density at radius 1 is 1.12 bits per heavy atom. The van der Waals surface area contributed by atoms with Gasteiger partial charge in [-0.1, -0.05) is 32.9 Å². The lowest BCUT2D eigenvalue weighted by Gasteiger charge is -2.39. The van der Waals surface area contributed by atoms with Crippen molar-refractivity contribution in [1.29, 1.82) is 0 Å². The first kappa shape index (κ1) is 27.6. The zero-order valence-corrected chi connectivity index (χ0v) is 20.1. The SMILES string of the molecule is C/C=C/[C@@H](OC)[C@@H](C)C(=O)NC(C(=O)N[C@@H](C)C(=O)N1CCCC(C)(C(=O)O)N1)C(C)C. The van der Waals surface area contributed by atoms with Crippen molar-refractivity contribution in [1.82, 2.24) is 21.1 Å². The largest absolute Gasteiger partial charge is 0.480 e. The molecule has 1 fully saturated rings. The fourth-order valence-electron chi connectivity index (χ4n) is 3.53. The normalized spacial score (nSPS) is 22.8. The van der Waals surface area contributed by atoms with Gasteiger partial charge < -0.3 is 20.5 Å². The molecule has 1 aliphatic rings. The molecular weight excluding hydrogens is 416 g/mol. The highest BCUT2D eigenvalue weighted by atomic mass is 16.5. The van der Waals surface area contributed by atoms with Crippen molar-refractivity contribution >= 4 is 23.7 Å². The number of carbonyl (C=O) groups excluding carboxylic acids is 3. The number of nitrogens with one attached hydrogen (secondary N) is 3. The molecule has 0 aliphatic carbocycles. The van der Waals surface area contributed by atoms with E-state index in [1.807, 2.05) is 6.92 Å². The predicted octanol–water partition coefficient (Wildman–Crippen LogP) is 0.829. The van der Waals surface area contributed by atoms with Crippen molar-refractivity contribution in [3.63, 3.8) is 0 Å². The van der Waals surface area contributed by atoms with E-state index in [2.05, 4.69) is 16.1 Å². The number of aliphatic carboxylic acids is 1. The van der Waals surface area contributed by atoms with Crippen LogP contribution in [-0.2, 0) is 23.9 Å². The standard InChI is InChI=1S/C22H38N4O6/c1-8-10-16(32-7)14(4)18(27)24-17(13(2)3)19(28)23-15(5)20(29)26-12-9-11-22(6,25-26)21(30)31/h8,10,13-17,25H,9,11-12H2,1-7H3,(H,23,28)(H,24,27)(H,30,31)/b10-8+/t14-,15+,16-,17?,22?/m1/s1. The number of carboxylic acids is 1. The number of methoxy groups -OCH3 is 1. The van der Waals surface area contributed by atoms with Gasteiger partial charge in [-0.05, 0) is 39.5 Å². The van der Waals surface area contributed by atoms with Crippen LogP contribution in [0, 0.1) is 11.8 Å². The number of rotatable bonds is 10. The minimum atomic E-state index is -1.24. The Balaban J connectivity index is 2.82. The van der Waals surface area contributed by atoms with Crippen molar-refractivity contribution in [2.45, 2.75) is 78.1 Å². The van der Waals surface area contributed by atoms with Crippen LogP contribution in [0.2, 0.25) is 0 Å². The van der Waals surface area contributed by atoms with Crippen molar-refractivity contribution in [3.05, 3.63) is 12.2 Å². The van der Waals surface area contributed by atoms with Gasteiger partial charge in [0.1, 0.15) is 17.6 Å². The average molecular weight is 455 g/mol. The van der Waals surface area contributed by atoms with E-state index in [0.29, 0.717) is 19.4 Å². The molecule has 1 rings (SSSR count). The maximum Gasteiger partial charge on any atom is 0.325 e. The second kappa shape index (κ2) is 12.0. The van der Waals surface area contributed by atoms with Gasteiger partial charge in [0.05, 0.1) is 12.0 Å². The van der Waals surface area contributed by atoms with Crippen molar-refractivity contribution in [2.75, 3.05) is 13.7 Å². The van der Waals surface area contributed by atoms with E-state index < -0.39 is 47.4 Å². The molecular formula is C22H38N4O6. The van der Waals surface area contributed by atoms with Crippen LogP contribution in [0.3, 0.4) is 0 Å². The lowest BCUT2D eigenvalue weighted by atomic mass is 9.94. The summed E-state index contributed by atoms with van der Waals surface area (Å²) in [7, 11) is 1.51. The van der Waals surface area contributed by atoms with Crippen molar-refractivity contribution in [3.8, 4) is 0 Å². The van der Waals surface area contributed by atoms with Crippen LogP contribution in [0.15, 0.2) is 12.2 Å². The summed E-state index contributed by atoms with van der Waals surface area (Å²) in [6.45, 7) is 10.5. The molecule has 2 unspecified atom stereocenters. The van der Waals surface area contributed by atoms with Gasteiger partial charge in [0, 0.05) is 13.7 Å². The van der Waals surface area contributed by atoms with E-state index in [1.165, 1.54) is 26.0 Å². The average Bonchev–Trinajstić information content (AvgIpc) is 2.73. The van der Waals surface area contributed by atoms with Crippen LogP contribution in [0.1, 0.15) is 54.4 Å².